The molecule has 4 N–H and O–H groups in total. The van der Waals surface area contributed by atoms with Crippen LogP contribution in [0.2, 0.25) is 0 Å². The van der Waals surface area contributed by atoms with Gasteiger partial charge in [0, 0.05) is 6.04 Å². The van der Waals surface area contributed by atoms with E-state index in [9.17, 15) is 0 Å². The van der Waals surface area contributed by atoms with E-state index < -0.39 is 7.12 Å². The van der Waals surface area contributed by atoms with Crippen LogP contribution in [0.15, 0.2) is 18.2 Å². The second-order valence-electron chi connectivity index (χ2n) is 3.57. The van der Waals surface area contributed by atoms with Gasteiger partial charge >= 0.3 is 7.12 Å². The molecule has 1 atom stereocenters. The molecular formula is C9H12BNO2. The van der Waals surface area contributed by atoms with Gasteiger partial charge in [-0.05, 0) is 29.4 Å². The molecule has 0 saturated carbocycles. The Balaban J connectivity index is 2.35. The summed E-state index contributed by atoms with van der Waals surface area (Å²) in [6.07, 6.45) is 1.74. The summed E-state index contributed by atoms with van der Waals surface area (Å²) in [6, 6.07) is 5.69. The van der Waals surface area contributed by atoms with Gasteiger partial charge in [0.1, 0.15) is 0 Å². The molecule has 0 fully saturated rings. The predicted octanol–water partition coefficient (Wildman–Crippen LogP) is -1.21. The topological polar surface area (TPSA) is 66.5 Å². The maximum Gasteiger partial charge on any atom is 0.488 e. The van der Waals surface area contributed by atoms with Crippen molar-refractivity contribution in [1.82, 2.24) is 0 Å². The molecule has 0 radical (unpaired) electrons. The smallest absolute Gasteiger partial charge is 0.423 e. The third kappa shape index (κ3) is 1.61. The molecular weight excluding hydrogens is 165 g/mol. The lowest BCUT2D eigenvalue weighted by Gasteiger charge is -2.02. The van der Waals surface area contributed by atoms with Crippen molar-refractivity contribution in [3.63, 3.8) is 0 Å². The second kappa shape index (κ2) is 3.14. The van der Waals surface area contributed by atoms with Gasteiger partial charge in [-0.25, -0.2) is 0 Å². The van der Waals surface area contributed by atoms with Crippen LogP contribution >= 0.6 is 0 Å². The molecule has 0 spiro atoms. The molecule has 1 aliphatic rings. The van der Waals surface area contributed by atoms with Gasteiger partial charge in [0.25, 0.3) is 0 Å². The molecule has 68 valence electrons. The Kier molecular flexibility index (Phi) is 2.11. The molecule has 2 rings (SSSR count). The Morgan fingerprint density at radius 3 is 2.62 bits per heavy atom. The van der Waals surface area contributed by atoms with Crippen LogP contribution in [-0.2, 0) is 12.8 Å². The molecule has 0 aliphatic heterocycles. The first-order valence-electron chi connectivity index (χ1n) is 4.40. The first kappa shape index (κ1) is 8.75. The van der Waals surface area contributed by atoms with Gasteiger partial charge in [-0.3, -0.25) is 0 Å². The van der Waals surface area contributed by atoms with Gasteiger partial charge < -0.3 is 15.8 Å². The highest BCUT2D eigenvalue weighted by molar-refractivity contribution is 6.58. The lowest BCUT2D eigenvalue weighted by Crippen LogP contribution is -2.30. The van der Waals surface area contributed by atoms with Gasteiger partial charge in [-0.15, -0.1) is 0 Å². The first-order valence-corrected chi connectivity index (χ1v) is 4.40. The van der Waals surface area contributed by atoms with Crippen molar-refractivity contribution >= 4 is 12.6 Å². The van der Waals surface area contributed by atoms with Gasteiger partial charge in [-0.2, -0.15) is 0 Å². The molecule has 1 aromatic rings. The third-order valence-corrected chi connectivity index (χ3v) is 2.49. The first-order chi connectivity index (χ1) is 6.16. The number of nitrogens with two attached hydrogens (primary N) is 1. The minimum Gasteiger partial charge on any atom is -0.423 e. The lowest BCUT2D eigenvalue weighted by atomic mass is 9.79. The standard InChI is InChI=1S/C9H12BNO2/c11-9-4-6-1-2-8(10(12)13)3-7(6)5-9/h1-3,9,12-13H,4-5,11H2. The summed E-state index contributed by atoms with van der Waals surface area (Å²) in [5.41, 5.74) is 8.72. The van der Waals surface area contributed by atoms with Crippen molar-refractivity contribution in [2.45, 2.75) is 18.9 Å². The van der Waals surface area contributed by atoms with E-state index in [1.165, 1.54) is 5.56 Å². The summed E-state index contributed by atoms with van der Waals surface area (Å²) in [7, 11) is -1.37. The SMILES string of the molecule is NC1Cc2ccc(B(O)O)cc2C1. The molecule has 13 heavy (non-hydrogen) atoms. The largest absolute Gasteiger partial charge is 0.488 e. The molecule has 1 aromatic carbocycles. The van der Waals surface area contributed by atoms with E-state index in [2.05, 4.69) is 0 Å². The van der Waals surface area contributed by atoms with Crippen LogP contribution < -0.4 is 11.2 Å². The van der Waals surface area contributed by atoms with Crippen LogP contribution in [0.4, 0.5) is 0 Å². The van der Waals surface area contributed by atoms with Crippen LogP contribution in [0.3, 0.4) is 0 Å². The van der Waals surface area contributed by atoms with Crippen LogP contribution in [-0.4, -0.2) is 23.2 Å². The number of rotatable bonds is 1. The summed E-state index contributed by atoms with van der Waals surface area (Å²) in [4.78, 5) is 0. The van der Waals surface area contributed by atoms with Crippen LogP contribution in [0.5, 0.6) is 0 Å². The van der Waals surface area contributed by atoms with E-state index in [-0.39, 0.29) is 6.04 Å². The van der Waals surface area contributed by atoms with Gasteiger partial charge in [0.15, 0.2) is 0 Å². The van der Waals surface area contributed by atoms with Gasteiger partial charge in [0.05, 0.1) is 0 Å². The number of hydrogen-bond donors (Lipinski definition) is 3. The Hall–Kier alpha value is -0.835. The van der Waals surface area contributed by atoms with Gasteiger partial charge in [0.2, 0.25) is 0 Å². The fourth-order valence-corrected chi connectivity index (χ4v) is 1.83. The summed E-state index contributed by atoms with van der Waals surface area (Å²) in [6.45, 7) is 0. The molecule has 3 nitrogen and oxygen atoms in total. The van der Waals surface area contributed by atoms with Gasteiger partial charge in [-0.1, -0.05) is 18.2 Å². The molecule has 4 heteroatoms. The Morgan fingerprint density at radius 2 is 1.92 bits per heavy atom. The maximum atomic E-state index is 8.95. The minimum absolute atomic E-state index is 0.195. The molecule has 0 saturated heterocycles. The third-order valence-electron chi connectivity index (χ3n) is 2.49. The van der Waals surface area contributed by atoms with E-state index in [4.69, 9.17) is 15.8 Å². The molecule has 0 amide bonds. The van der Waals surface area contributed by atoms with Crippen molar-refractivity contribution in [1.29, 1.82) is 0 Å². The average molecular weight is 177 g/mol. The summed E-state index contributed by atoms with van der Waals surface area (Å²) in [5.74, 6) is 0. The van der Waals surface area contributed by atoms with Crippen molar-refractivity contribution in [3.8, 4) is 0 Å². The number of benzene rings is 1. The molecule has 0 bridgehead atoms. The average Bonchev–Trinajstić information content (AvgIpc) is 2.42. The van der Waals surface area contributed by atoms with Crippen molar-refractivity contribution in [2.24, 2.45) is 5.73 Å². The van der Waals surface area contributed by atoms with E-state index in [0.29, 0.717) is 5.46 Å². The Morgan fingerprint density at radius 1 is 1.23 bits per heavy atom. The minimum atomic E-state index is -1.37. The van der Waals surface area contributed by atoms with Crippen LogP contribution in [0.1, 0.15) is 11.1 Å². The quantitative estimate of drug-likeness (QED) is 0.471. The fraction of sp³-hybridized carbons (Fsp3) is 0.333. The van der Waals surface area contributed by atoms with Crippen molar-refractivity contribution < 1.29 is 10.0 Å². The second-order valence-corrected chi connectivity index (χ2v) is 3.57. The highest BCUT2D eigenvalue weighted by Crippen LogP contribution is 2.19. The maximum absolute atomic E-state index is 8.95. The molecule has 0 heterocycles. The van der Waals surface area contributed by atoms with Crippen LogP contribution in [0, 0.1) is 0 Å². The summed E-state index contributed by atoms with van der Waals surface area (Å²) in [5, 5.41) is 17.9. The summed E-state index contributed by atoms with van der Waals surface area (Å²) < 4.78 is 0. The Labute approximate surface area is 77.3 Å². The zero-order chi connectivity index (χ0) is 9.42. The predicted molar refractivity (Wildman–Crippen MR) is 51.7 cm³/mol. The van der Waals surface area contributed by atoms with Crippen molar-refractivity contribution in [3.05, 3.63) is 29.3 Å². The van der Waals surface area contributed by atoms with E-state index in [0.717, 1.165) is 18.4 Å². The fourth-order valence-electron chi connectivity index (χ4n) is 1.83. The normalized spacial score (nSPS) is 20.1. The number of fused-ring (bicyclic) bond motifs is 1. The monoisotopic (exact) mass is 177 g/mol. The number of hydrogen-bond acceptors (Lipinski definition) is 3. The zero-order valence-electron chi connectivity index (χ0n) is 7.27. The van der Waals surface area contributed by atoms with Crippen LogP contribution in [0.25, 0.3) is 0 Å². The molecule has 1 unspecified atom stereocenters. The highest BCUT2D eigenvalue weighted by Gasteiger charge is 2.20. The van der Waals surface area contributed by atoms with E-state index >= 15 is 0 Å². The van der Waals surface area contributed by atoms with Crippen molar-refractivity contribution in [2.75, 3.05) is 0 Å². The Bertz CT molecular complexity index is 327. The molecule has 0 aromatic heterocycles. The molecule has 1 aliphatic carbocycles. The van der Waals surface area contributed by atoms with E-state index in [1.54, 1.807) is 6.07 Å². The lowest BCUT2D eigenvalue weighted by molar-refractivity contribution is 0.425. The highest BCUT2D eigenvalue weighted by atomic mass is 16.4. The zero-order valence-corrected chi connectivity index (χ0v) is 7.27. The van der Waals surface area contributed by atoms with E-state index in [1.807, 2.05) is 12.1 Å². The summed E-state index contributed by atoms with van der Waals surface area (Å²) >= 11 is 0.